The number of benzene rings is 1. The predicted octanol–water partition coefficient (Wildman–Crippen LogP) is 3.27. The van der Waals surface area contributed by atoms with Crippen LogP contribution in [0.1, 0.15) is 5.56 Å². The van der Waals surface area contributed by atoms with Crippen molar-refractivity contribution in [2.24, 2.45) is 0 Å². The molecule has 0 aliphatic heterocycles. The van der Waals surface area contributed by atoms with Gasteiger partial charge in [0.2, 0.25) is 5.95 Å². The third kappa shape index (κ3) is 2.53. The van der Waals surface area contributed by atoms with Crippen molar-refractivity contribution in [2.45, 2.75) is 6.92 Å². The van der Waals surface area contributed by atoms with Crippen LogP contribution in [0.25, 0.3) is 0 Å². The molecule has 0 radical (unpaired) electrons. The number of pyridine rings is 1. The van der Waals surface area contributed by atoms with Crippen molar-refractivity contribution in [3.8, 4) is 0 Å². The minimum Gasteiger partial charge on any atom is -0.340 e. The van der Waals surface area contributed by atoms with Gasteiger partial charge in [-0.15, -0.1) is 0 Å². The average molecular weight is 202 g/mol. The van der Waals surface area contributed by atoms with Crippen molar-refractivity contribution in [1.82, 2.24) is 4.98 Å². The van der Waals surface area contributed by atoms with Gasteiger partial charge >= 0.3 is 0 Å². The lowest BCUT2D eigenvalue weighted by atomic mass is 10.2. The molecule has 0 saturated carbocycles. The minimum atomic E-state index is -0.480. The zero-order valence-electron chi connectivity index (χ0n) is 8.37. The summed E-state index contributed by atoms with van der Waals surface area (Å²) in [6.45, 7) is 2.02. The molecule has 3 heteroatoms. The van der Waals surface area contributed by atoms with Crippen LogP contribution in [0, 0.1) is 12.9 Å². The van der Waals surface area contributed by atoms with Crippen molar-refractivity contribution in [3.63, 3.8) is 0 Å². The van der Waals surface area contributed by atoms with E-state index in [9.17, 15) is 4.39 Å². The van der Waals surface area contributed by atoms with Crippen molar-refractivity contribution in [1.29, 1.82) is 0 Å². The highest BCUT2D eigenvalue weighted by atomic mass is 19.1. The summed E-state index contributed by atoms with van der Waals surface area (Å²) in [5.74, 6) is 0.0333. The van der Waals surface area contributed by atoms with E-state index in [0.29, 0.717) is 5.82 Å². The third-order valence-electron chi connectivity index (χ3n) is 2.04. The number of hydrogen-bond acceptors (Lipinski definition) is 2. The molecule has 1 heterocycles. The van der Waals surface area contributed by atoms with Crippen LogP contribution in [0.2, 0.25) is 0 Å². The molecule has 0 bridgehead atoms. The van der Waals surface area contributed by atoms with Crippen LogP contribution in [0.15, 0.2) is 42.5 Å². The first-order valence-corrected chi connectivity index (χ1v) is 4.70. The van der Waals surface area contributed by atoms with E-state index in [1.54, 1.807) is 12.1 Å². The van der Waals surface area contributed by atoms with E-state index in [1.165, 1.54) is 11.6 Å². The Kier molecular flexibility index (Phi) is 2.63. The number of halogens is 1. The van der Waals surface area contributed by atoms with Gasteiger partial charge in [0.15, 0.2) is 0 Å². The molecule has 0 amide bonds. The van der Waals surface area contributed by atoms with Crippen molar-refractivity contribution in [2.75, 3.05) is 5.32 Å². The van der Waals surface area contributed by atoms with Gasteiger partial charge < -0.3 is 5.32 Å². The number of rotatable bonds is 2. The maximum absolute atomic E-state index is 12.8. The molecule has 0 atom stereocenters. The van der Waals surface area contributed by atoms with E-state index in [0.717, 1.165) is 5.69 Å². The molecule has 0 fully saturated rings. The number of hydrogen-bond donors (Lipinski definition) is 1. The molecule has 15 heavy (non-hydrogen) atoms. The van der Waals surface area contributed by atoms with E-state index in [4.69, 9.17) is 0 Å². The second kappa shape index (κ2) is 4.09. The Morgan fingerprint density at radius 3 is 2.47 bits per heavy atom. The Labute approximate surface area is 87.8 Å². The van der Waals surface area contributed by atoms with Crippen LogP contribution in [0.5, 0.6) is 0 Å². The van der Waals surface area contributed by atoms with Crippen LogP contribution in [0.4, 0.5) is 15.9 Å². The SMILES string of the molecule is Cc1ccc(Nc2cccc(F)n2)cc1. The molecule has 76 valence electrons. The predicted molar refractivity (Wildman–Crippen MR) is 58.7 cm³/mol. The Morgan fingerprint density at radius 1 is 1.07 bits per heavy atom. The highest BCUT2D eigenvalue weighted by Crippen LogP contribution is 2.14. The van der Waals surface area contributed by atoms with Gasteiger partial charge in [-0.05, 0) is 31.2 Å². The lowest BCUT2D eigenvalue weighted by Crippen LogP contribution is -1.94. The second-order valence-corrected chi connectivity index (χ2v) is 3.34. The number of anilines is 2. The van der Waals surface area contributed by atoms with Gasteiger partial charge in [-0.1, -0.05) is 23.8 Å². The van der Waals surface area contributed by atoms with Gasteiger partial charge in [0.25, 0.3) is 0 Å². The van der Waals surface area contributed by atoms with E-state index in [2.05, 4.69) is 10.3 Å². The highest BCUT2D eigenvalue weighted by Gasteiger charge is 1.96. The van der Waals surface area contributed by atoms with E-state index < -0.39 is 5.95 Å². The maximum Gasteiger partial charge on any atom is 0.214 e. The second-order valence-electron chi connectivity index (χ2n) is 3.34. The summed E-state index contributed by atoms with van der Waals surface area (Å²) in [4.78, 5) is 3.71. The first-order chi connectivity index (χ1) is 7.24. The largest absolute Gasteiger partial charge is 0.340 e. The molecule has 0 spiro atoms. The quantitative estimate of drug-likeness (QED) is 0.756. The van der Waals surface area contributed by atoms with Crippen molar-refractivity contribution >= 4 is 11.5 Å². The Morgan fingerprint density at radius 2 is 1.80 bits per heavy atom. The monoisotopic (exact) mass is 202 g/mol. The van der Waals surface area contributed by atoms with Crippen LogP contribution in [-0.2, 0) is 0 Å². The molecular weight excluding hydrogens is 191 g/mol. The molecule has 1 aromatic heterocycles. The van der Waals surface area contributed by atoms with Crippen LogP contribution >= 0.6 is 0 Å². The number of nitrogens with one attached hydrogen (secondary N) is 1. The summed E-state index contributed by atoms with van der Waals surface area (Å²) >= 11 is 0. The number of aromatic nitrogens is 1. The lowest BCUT2D eigenvalue weighted by molar-refractivity contribution is 0.585. The summed E-state index contributed by atoms with van der Waals surface area (Å²) in [5.41, 5.74) is 2.09. The first kappa shape index (κ1) is 9.65. The first-order valence-electron chi connectivity index (χ1n) is 4.70. The van der Waals surface area contributed by atoms with Gasteiger partial charge in [0.05, 0.1) is 0 Å². The van der Waals surface area contributed by atoms with E-state index >= 15 is 0 Å². The number of nitrogens with zero attached hydrogens (tertiary/aromatic N) is 1. The van der Waals surface area contributed by atoms with E-state index in [1.807, 2.05) is 31.2 Å². The average Bonchev–Trinajstić information content (AvgIpc) is 2.22. The molecule has 0 saturated heterocycles. The zero-order valence-corrected chi connectivity index (χ0v) is 8.37. The van der Waals surface area contributed by atoms with Gasteiger partial charge in [0.1, 0.15) is 5.82 Å². The lowest BCUT2D eigenvalue weighted by Gasteiger charge is -2.05. The van der Waals surface area contributed by atoms with Crippen molar-refractivity contribution in [3.05, 3.63) is 54.0 Å². The Hall–Kier alpha value is -1.90. The zero-order chi connectivity index (χ0) is 10.7. The van der Waals surface area contributed by atoms with Crippen LogP contribution in [0.3, 0.4) is 0 Å². The minimum absolute atomic E-state index is 0.480. The molecule has 2 rings (SSSR count). The molecular formula is C12H11FN2. The molecule has 0 aliphatic carbocycles. The van der Waals surface area contributed by atoms with Crippen LogP contribution < -0.4 is 5.32 Å². The molecule has 2 nitrogen and oxygen atoms in total. The van der Waals surface area contributed by atoms with Gasteiger partial charge in [0, 0.05) is 5.69 Å². The molecule has 1 aromatic carbocycles. The fraction of sp³-hybridized carbons (Fsp3) is 0.0833. The highest BCUT2D eigenvalue weighted by molar-refractivity contribution is 5.55. The maximum atomic E-state index is 12.8. The summed E-state index contributed by atoms with van der Waals surface area (Å²) in [6.07, 6.45) is 0. The Balaban J connectivity index is 2.18. The normalized spacial score (nSPS) is 10.0. The number of aryl methyl sites for hydroxylation is 1. The fourth-order valence-electron chi connectivity index (χ4n) is 1.26. The van der Waals surface area contributed by atoms with Crippen molar-refractivity contribution < 1.29 is 4.39 Å². The fourth-order valence-corrected chi connectivity index (χ4v) is 1.26. The Bertz CT molecular complexity index is 451. The van der Waals surface area contributed by atoms with Gasteiger partial charge in [-0.3, -0.25) is 0 Å². The molecule has 0 unspecified atom stereocenters. The third-order valence-corrected chi connectivity index (χ3v) is 2.04. The van der Waals surface area contributed by atoms with E-state index in [-0.39, 0.29) is 0 Å². The molecule has 1 N–H and O–H groups in total. The molecule has 2 aromatic rings. The summed E-state index contributed by atoms with van der Waals surface area (Å²) in [5, 5.41) is 3.02. The standard InChI is InChI=1S/C12H11FN2/c1-9-5-7-10(8-6-9)14-12-4-2-3-11(13)15-12/h2-8H,1H3,(H,14,15). The summed E-state index contributed by atoms with van der Waals surface area (Å²) in [7, 11) is 0. The van der Waals surface area contributed by atoms with Gasteiger partial charge in [-0.2, -0.15) is 4.39 Å². The molecule has 0 aliphatic rings. The summed E-state index contributed by atoms with van der Waals surface area (Å²) < 4.78 is 12.8. The van der Waals surface area contributed by atoms with Gasteiger partial charge in [-0.25, -0.2) is 4.98 Å². The van der Waals surface area contributed by atoms with Crippen LogP contribution in [-0.4, -0.2) is 4.98 Å². The topological polar surface area (TPSA) is 24.9 Å². The smallest absolute Gasteiger partial charge is 0.214 e. The summed E-state index contributed by atoms with van der Waals surface area (Å²) in [6, 6.07) is 12.5.